The van der Waals surface area contributed by atoms with Crippen LogP contribution in [0.25, 0.3) is 0 Å². The maximum atomic E-state index is 5.99. The summed E-state index contributed by atoms with van der Waals surface area (Å²) in [4.78, 5) is 1.06. The fourth-order valence-electron chi connectivity index (χ4n) is 1.35. The lowest BCUT2D eigenvalue weighted by atomic mass is 10.2. The Hall–Kier alpha value is -1.03. The molecule has 0 saturated heterocycles. The third-order valence-corrected chi connectivity index (χ3v) is 4.14. The SMILES string of the molecule is CCC(C)CSc1cc(OC)c(OC)cc1N. The summed E-state index contributed by atoms with van der Waals surface area (Å²) in [5.41, 5.74) is 6.74. The van der Waals surface area contributed by atoms with Crippen molar-refractivity contribution in [2.45, 2.75) is 25.2 Å². The van der Waals surface area contributed by atoms with Crippen molar-refractivity contribution in [3.63, 3.8) is 0 Å². The number of nitrogens with two attached hydrogens (primary N) is 1. The van der Waals surface area contributed by atoms with Crippen molar-refractivity contribution in [1.82, 2.24) is 0 Å². The third kappa shape index (κ3) is 3.73. The van der Waals surface area contributed by atoms with E-state index in [-0.39, 0.29) is 0 Å². The fourth-order valence-corrected chi connectivity index (χ4v) is 2.47. The van der Waals surface area contributed by atoms with E-state index in [1.54, 1.807) is 26.0 Å². The van der Waals surface area contributed by atoms with Crippen molar-refractivity contribution in [3.05, 3.63) is 12.1 Å². The summed E-state index contributed by atoms with van der Waals surface area (Å²) in [6.07, 6.45) is 1.18. The molecule has 96 valence electrons. The van der Waals surface area contributed by atoms with Gasteiger partial charge in [-0.25, -0.2) is 0 Å². The van der Waals surface area contributed by atoms with Crippen LogP contribution in [0.3, 0.4) is 0 Å². The Bertz CT molecular complexity index is 369. The van der Waals surface area contributed by atoms with Crippen LogP contribution >= 0.6 is 11.8 Å². The Morgan fingerprint density at radius 3 is 2.35 bits per heavy atom. The number of methoxy groups -OCH3 is 2. The predicted octanol–water partition coefficient (Wildman–Crippen LogP) is 3.42. The van der Waals surface area contributed by atoms with Crippen LogP contribution in [-0.4, -0.2) is 20.0 Å². The van der Waals surface area contributed by atoms with Crippen LogP contribution < -0.4 is 15.2 Å². The number of benzene rings is 1. The number of hydrogen-bond donors (Lipinski definition) is 1. The van der Waals surface area contributed by atoms with Gasteiger partial charge in [-0.15, -0.1) is 11.8 Å². The van der Waals surface area contributed by atoms with Crippen molar-refractivity contribution in [3.8, 4) is 11.5 Å². The van der Waals surface area contributed by atoms with E-state index in [0.717, 1.165) is 22.1 Å². The summed E-state index contributed by atoms with van der Waals surface area (Å²) in [7, 11) is 3.25. The van der Waals surface area contributed by atoms with Crippen LogP contribution in [0.15, 0.2) is 17.0 Å². The van der Waals surface area contributed by atoms with Gasteiger partial charge >= 0.3 is 0 Å². The Morgan fingerprint density at radius 1 is 1.24 bits per heavy atom. The number of ether oxygens (including phenoxy) is 2. The van der Waals surface area contributed by atoms with Crippen LogP contribution in [0.5, 0.6) is 11.5 Å². The van der Waals surface area contributed by atoms with Gasteiger partial charge in [-0.05, 0) is 12.0 Å². The van der Waals surface area contributed by atoms with Gasteiger partial charge in [-0.1, -0.05) is 20.3 Å². The summed E-state index contributed by atoms with van der Waals surface area (Å²) in [5.74, 6) is 3.16. The molecule has 0 spiro atoms. The van der Waals surface area contributed by atoms with Gasteiger partial charge in [0.05, 0.1) is 14.2 Å². The fraction of sp³-hybridized carbons (Fsp3) is 0.538. The second-order valence-corrected chi connectivity index (χ2v) is 5.13. The molecule has 0 aliphatic heterocycles. The van der Waals surface area contributed by atoms with Gasteiger partial charge < -0.3 is 15.2 Å². The van der Waals surface area contributed by atoms with Crippen LogP contribution in [0.1, 0.15) is 20.3 Å². The molecule has 0 radical (unpaired) electrons. The number of nitrogen functional groups attached to an aromatic ring is 1. The maximum Gasteiger partial charge on any atom is 0.162 e. The van der Waals surface area contributed by atoms with Crippen molar-refractivity contribution >= 4 is 17.4 Å². The standard InChI is InChI=1S/C13H21NO2S/c1-5-9(2)8-17-13-7-12(16-4)11(15-3)6-10(13)14/h6-7,9H,5,8,14H2,1-4H3. The molecule has 1 aromatic rings. The van der Waals surface area contributed by atoms with Gasteiger partial charge in [0.1, 0.15) is 0 Å². The summed E-state index contributed by atoms with van der Waals surface area (Å²) in [6, 6.07) is 3.76. The van der Waals surface area contributed by atoms with Crippen LogP contribution in [0.4, 0.5) is 5.69 Å². The first-order valence-electron chi connectivity index (χ1n) is 5.76. The summed E-state index contributed by atoms with van der Waals surface area (Å²) < 4.78 is 10.5. The summed E-state index contributed by atoms with van der Waals surface area (Å²) in [5, 5.41) is 0. The smallest absolute Gasteiger partial charge is 0.162 e. The molecule has 0 aliphatic rings. The second-order valence-electron chi connectivity index (χ2n) is 4.07. The van der Waals surface area contributed by atoms with Gasteiger partial charge in [-0.3, -0.25) is 0 Å². The summed E-state index contributed by atoms with van der Waals surface area (Å²) in [6.45, 7) is 4.44. The molecule has 3 nitrogen and oxygen atoms in total. The van der Waals surface area contributed by atoms with E-state index in [2.05, 4.69) is 13.8 Å². The van der Waals surface area contributed by atoms with E-state index in [0.29, 0.717) is 11.7 Å². The Morgan fingerprint density at radius 2 is 1.82 bits per heavy atom. The molecule has 17 heavy (non-hydrogen) atoms. The molecule has 0 fully saturated rings. The normalized spacial score (nSPS) is 12.2. The molecule has 4 heteroatoms. The van der Waals surface area contributed by atoms with Crippen LogP contribution in [0, 0.1) is 5.92 Å². The second kappa shape index (κ2) is 6.64. The zero-order chi connectivity index (χ0) is 12.8. The lowest BCUT2D eigenvalue weighted by molar-refractivity contribution is 0.354. The van der Waals surface area contributed by atoms with E-state index in [1.807, 2.05) is 12.1 Å². The molecule has 0 aliphatic carbocycles. The number of thioether (sulfide) groups is 1. The Labute approximate surface area is 108 Å². The monoisotopic (exact) mass is 255 g/mol. The average molecular weight is 255 g/mol. The van der Waals surface area contributed by atoms with Crippen LogP contribution in [0.2, 0.25) is 0 Å². The van der Waals surface area contributed by atoms with Crippen molar-refractivity contribution in [2.24, 2.45) is 5.92 Å². The number of hydrogen-bond acceptors (Lipinski definition) is 4. The summed E-state index contributed by atoms with van der Waals surface area (Å²) >= 11 is 1.77. The molecule has 0 aromatic heterocycles. The molecule has 0 amide bonds. The van der Waals surface area contributed by atoms with Gasteiger partial charge in [0.15, 0.2) is 11.5 Å². The Kier molecular flexibility index (Phi) is 5.48. The molecule has 1 aromatic carbocycles. The van der Waals surface area contributed by atoms with Crippen molar-refractivity contribution in [1.29, 1.82) is 0 Å². The highest BCUT2D eigenvalue weighted by molar-refractivity contribution is 7.99. The third-order valence-electron chi connectivity index (χ3n) is 2.74. The minimum Gasteiger partial charge on any atom is -0.493 e. The van der Waals surface area contributed by atoms with Gasteiger partial charge in [0, 0.05) is 22.4 Å². The average Bonchev–Trinajstić information content (AvgIpc) is 2.36. The van der Waals surface area contributed by atoms with Crippen molar-refractivity contribution < 1.29 is 9.47 Å². The first kappa shape index (κ1) is 14.0. The lowest BCUT2D eigenvalue weighted by Gasteiger charge is -2.13. The zero-order valence-corrected chi connectivity index (χ0v) is 11.8. The van der Waals surface area contributed by atoms with Gasteiger partial charge in [-0.2, -0.15) is 0 Å². The maximum absolute atomic E-state index is 5.99. The zero-order valence-electron chi connectivity index (χ0n) is 10.9. The molecule has 0 bridgehead atoms. The quantitative estimate of drug-likeness (QED) is 0.625. The molecular formula is C13H21NO2S. The van der Waals surface area contributed by atoms with E-state index in [1.165, 1.54) is 6.42 Å². The molecule has 2 N–H and O–H groups in total. The topological polar surface area (TPSA) is 44.5 Å². The molecule has 0 saturated carbocycles. The minimum atomic E-state index is 0.679. The molecule has 1 atom stereocenters. The highest BCUT2D eigenvalue weighted by Gasteiger charge is 2.10. The molecule has 0 heterocycles. The first-order chi connectivity index (χ1) is 8.12. The van der Waals surface area contributed by atoms with Crippen LogP contribution in [-0.2, 0) is 0 Å². The number of rotatable bonds is 6. The van der Waals surface area contributed by atoms with Crippen molar-refractivity contribution in [2.75, 3.05) is 25.7 Å². The van der Waals surface area contributed by atoms with Gasteiger partial charge in [0.2, 0.25) is 0 Å². The largest absolute Gasteiger partial charge is 0.493 e. The molecular weight excluding hydrogens is 234 g/mol. The van der Waals surface area contributed by atoms with E-state index < -0.39 is 0 Å². The first-order valence-corrected chi connectivity index (χ1v) is 6.75. The highest BCUT2D eigenvalue weighted by Crippen LogP contribution is 2.37. The molecule has 1 rings (SSSR count). The van der Waals surface area contributed by atoms with E-state index >= 15 is 0 Å². The van der Waals surface area contributed by atoms with E-state index in [9.17, 15) is 0 Å². The minimum absolute atomic E-state index is 0.679. The number of anilines is 1. The Balaban J connectivity index is 2.85. The molecule has 1 unspecified atom stereocenters. The predicted molar refractivity (Wildman–Crippen MR) is 74.1 cm³/mol. The van der Waals surface area contributed by atoms with E-state index in [4.69, 9.17) is 15.2 Å². The van der Waals surface area contributed by atoms with Gasteiger partial charge in [0.25, 0.3) is 0 Å². The lowest BCUT2D eigenvalue weighted by Crippen LogP contribution is -1.98. The highest BCUT2D eigenvalue weighted by atomic mass is 32.2.